The van der Waals surface area contributed by atoms with Crippen LogP contribution in [0.25, 0.3) is 0 Å². The highest BCUT2D eigenvalue weighted by Gasteiger charge is 2.15. The zero-order valence-electron chi connectivity index (χ0n) is 15.0. The smallest absolute Gasteiger partial charge is 0.234 e. The fourth-order valence-corrected chi connectivity index (χ4v) is 2.63. The van der Waals surface area contributed by atoms with E-state index in [9.17, 15) is 9.59 Å². The van der Waals surface area contributed by atoms with Gasteiger partial charge in [-0.25, -0.2) is 0 Å². The Balaban J connectivity index is 2.25. The third-order valence-electron chi connectivity index (χ3n) is 3.49. The minimum Gasteiger partial charge on any atom is -0.492 e. The van der Waals surface area contributed by atoms with Crippen LogP contribution in [-0.4, -0.2) is 37.4 Å². The molecule has 0 fully saturated rings. The lowest BCUT2D eigenvalue weighted by Crippen LogP contribution is -2.35. The number of amides is 2. The van der Waals surface area contributed by atoms with Gasteiger partial charge >= 0.3 is 0 Å². The molecule has 7 heteroatoms. The van der Waals surface area contributed by atoms with Crippen LogP contribution >= 0.6 is 27.5 Å². The Morgan fingerprint density at radius 2 is 1.80 bits per heavy atom. The zero-order chi connectivity index (χ0) is 18.9. The Morgan fingerprint density at radius 3 is 2.36 bits per heavy atom. The maximum Gasteiger partial charge on any atom is 0.234 e. The molecule has 0 bridgehead atoms. The molecular formula is C18H26BrClN2O3. The molecule has 0 aliphatic carbocycles. The third-order valence-corrected chi connectivity index (χ3v) is 4.36. The molecule has 0 aliphatic heterocycles. The lowest BCUT2D eigenvalue weighted by atomic mass is 9.87. The van der Waals surface area contributed by atoms with Crippen LogP contribution < -0.4 is 15.4 Å². The monoisotopic (exact) mass is 432 g/mol. The Kier molecular flexibility index (Phi) is 9.28. The van der Waals surface area contributed by atoms with Gasteiger partial charge in [-0.15, -0.1) is 11.6 Å². The van der Waals surface area contributed by atoms with Crippen LogP contribution in [0.5, 0.6) is 5.75 Å². The van der Waals surface area contributed by atoms with E-state index in [1.54, 1.807) is 0 Å². The molecule has 1 aromatic carbocycles. The third kappa shape index (κ3) is 8.59. The minimum atomic E-state index is -0.243. The summed E-state index contributed by atoms with van der Waals surface area (Å²) in [4.78, 5) is 22.6. The van der Waals surface area contributed by atoms with Gasteiger partial charge < -0.3 is 15.4 Å². The summed E-state index contributed by atoms with van der Waals surface area (Å²) < 4.78 is 6.64. The molecule has 0 saturated heterocycles. The van der Waals surface area contributed by atoms with Crippen molar-refractivity contribution in [2.45, 2.75) is 39.0 Å². The first-order valence-corrected chi connectivity index (χ1v) is 9.59. The molecule has 0 spiro atoms. The second-order valence-electron chi connectivity index (χ2n) is 6.68. The van der Waals surface area contributed by atoms with Gasteiger partial charge in [0.2, 0.25) is 11.8 Å². The molecule has 1 aromatic rings. The SMILES string of the molecule is CC(C)(C)c1ccc(OCCCC(=O)NCCNC(=O)CCl)c(Br)c1. The van der Waals surface area contributed by atoms with Gasteiger partial charge in [-0.3, -0.25) is 9.59 Å². The van der Waals surface area contributed by atoms with Crippen molar-refractivity contribution in [2.24, 2.45) is 0 Å². The molecule has 0 heterocycles. The molecule has 0 aliphatic rings. The molecule has 25 heavy (non-hydrogen) atoms. The first-order chi connectivity index (χ1) is 11.7. The molecular weight excluding hydrogens is 408 g/mol. The number of ether oxygens (including phenoxy) is 1. The number of alkyl halides is 1. The van der Waals surface area contributed by atoms with Gasteiger partial charge in [0.15, 0.2) is 0 Å². The molecule has 2 amide bonds. The van der Waals surface area contributed by atoms with Crippen LogP contribution in [0.4, 0.5) is 0 Å². The molecule has 2 N–H and O–H groups in total. The van der Waals surface area contributed by atoms with Gasteiger partial charge in [-0.1, -0.05) is 26.8 Å². The van der Waals surface area contributed by atoms with Gasteiger partial charge in [-0.05, 0) is 45.5 Å². The van der Waals surface area contributed by atoms with E-state index in [2.05, 4.69) is 59.5 Å². The fraction of sp³-hybridized carbons (Fsp3) is 0.556. The number of rotatable bonds is 9. The van der Waals surface area contributed by atoms with Crippen LogP contribution in [0.3, 0.4) is 0 Å². The number of carbonyl (C=O) groups is 2. The van der Waals surface area contributed by atoms with Crippen molar-refractivity contribution < 1.29 is 14.3 Å². The number of benzene rings is 1. The van der Waals surface area contributed by atoms with Gasteiger partial charge in [-0.2, -0.15) is 0 Å². The molecule has 0 saturated carbocycles. The fourth-order valence-electron chi connectivity index (χ4n) is 2.04. The van der Waals surface area contributed by atoms with Crippen LogP contribution in [0.1, 0.15) is 39.2 Å². The molecule has 1 rings (SSSR count). The maximum atomic E-state index is 11.7. The van der Waals surface area contributed by atoms with Crippen molar-refractivity contribution >= 4 is 39.3 Å². The highest BCUT2D eigenvalue weighted by Crippen LogP contribution is 2.31. The number of carbonyl (C=O) groups excluding carboxylic acids is 2. The van der Waals surface area contributed by atoms with Crippen LogP contribution in [0.2, 0.25) is 0 Å². The summed E-state index contributed by atoms with van der Waals surface area (Å²) >= 11 is 8.89. The summed E-state index contributed by atoms with van der Waals surface area (Å²) in [6, 6.07) is 6.07. The highest BCUT2D eigenvalue weighted by atomic mass is 79.9. The van der Waals surface area contributed by atoms with Gasteiger partial charge in [0.1, 0.15) is 11.6 Å². The van der Waals surface area contributed by atoms with E-state index < -0.39 is 0 Å². The van der Waals surface area contributed by atoms with E-state index in [1.165, 1.54) is 5.56 Å². The van der Waals surface area contributed by atoms with Crippen LogP contribution in [0.15, 0.2) is 22.7 Å². The Morgan fingerprint density at radius 1 is 1.16 bits per heavy atom. The Hall–Kier alpha value is -1.27. The van der Waals surface area contributed by atoms with E-state index in [4.69, 9.17) is 16.3 Å². The largest absolute Gasteiger partial charge is 0.492 e. The topological polar surface area (TPSA) is 67.4 Å². The summed E-state index contributed by atoms with van der Waals surface area (Å²) in [6.45, 7) is 7.71. The van der Waals surface area contributed by atoms with Crippen molar-refractivity contribution in [3.05, 3.63) is 28.2 Å². The molecule has 0 aromatic heterocycles. The van der Waals surface area contributed by atoms with E-state index in [-0.39, 0.29) is 23.1 Å². The van der Waals surface area contributed by atoms with E-state index in [0.717, 1.165) is 10.2 Å². The molecule has 140 valence electrons. The first kappa shape index (κ1) is 21.8. The summed E-state index contributed by atoms with van der Waals surface area (Å²) in [6.07, 6.45) is 0.995. The lowest BCUT2D eigenvalue weighted by molar-refractivity contribution is -0.122. The normalized spacial score (nSPS) is 11.1. The predicted octanol–water partition coefficient (Wildman–Crippen LogP) is 3.38. The predicted molar refractivity (Wildman–Crippen MR) is 104 cm³/mol. The van der Waals surface area contributed by atoms with Gasteiger partial charge in [0.25, 0.3) is 0 Å². The molecule has 0 unspecified atom stereocenters. The van der Waals surface area contributed by atoms with Gasteiger partial charge in [0, 0.05) is 19.5 Å². The van der Waals surface area contributed by atoms with E-state index in [0.29, 0.717) is 32.5 Å². The quantitative estimate of drug-likeness (QED) is 0.463. The summed E-state index contributed by atoms with van der Waals surface area (Å²) in [5.74, 6) is 0.396. The summed E-state index contributed by atoms with van der Waals surface area (Å²) in [5.41, 5.74) is 1.31. The maximum absolute atomic E-state index is 11.7. The zero-order valence-corrected chi connectivity index (χ0v) is 17.3. The lowest BCUT2D eigenvalue weighted by Gasteiger charge is -2.20. The number of hydrogen-bond acceptors (Lipinski definition) is 3. The average Bonchev–Trinajstić information content (AvgIpc) is 2.55. The summed E-state index contributed by atoms with van der Waals surface area (Å²) in [7, 11) is 0. The van der Waals surface area contributed by atoms with Crippen molar-refractivity contribution in [3.8, 4) is 5.75 Å². The van der Waals surface area contributed by atoms with E-state index in [1.807, 2.05) is 6.07 Å². The van der Waals surface area contributed by atoms with Crippen molar-refractivity contribution in [1.29, 1.82) is 0 Å². The number of nitrogens with one attached hydrogen (secondary N) is 2. The van der Waals surface area contributed by atoms with Crippen molar-refractivity contribution in [1.82, 2.24) is 10.6 Å². The Bertz CT molecular complexity index is 588. The minimum absolute atomic E-state index is 0.0640. The molecule has 5 nitrogen and oxygen atoms in total. The molecule has 0 radical (unpaired) electrons. The Labute approximate surface area is 163 Å². The number of halogens is 2. The van der Waals surface area contributed by atoms with Crippen LogP contribution in [-0.2, 0) is 15.0 Å². The van der Waals surface area contributed by atoms with Crippen LogP contribution in [0, 0.1) is 0 Å². The highest BCUT2D eigenvalue weighted by molar-refractivity contribution is 9.10. The standard InChI is InChI=1S/C18H26BrClN2O3/c1-18(2,3)13-6-7-15(14(19)11-13)25-10-4-5-16(23)21-8-9-22-17(24)12-20/h6-7,11H,4-5,8-10,12H2,1-3H3,(H,21,23)(H,22,24). The van der Waals surface area contributed by atoms with Gasteiger partial charge in [0.05, 0.1) is 11.1 Å². The second-order valence-corrected chi connectivity index (χ2v) is 7.80. The van der Waals surface area contributed by atoms with Crippen molar-refractivity contribution in [2.75, 3.05) is 25.6 Å². The van der Waals surface area contributed by atoms with E-state index >= 15 is 0 Å². The second kappa shape index (κ2) is 10.7. The summed E-state index contributed by atoms with van der Waals surface area (Å²) in [5, 5.41) is 5.32. The van der Waals surface area contributed by atoms with Crippen molar-refractivity contribution in [3.63, 3.8) is 0 Å². The average molecular weight is 434 g/mol. The first-order valence-electron chi connectivity index (χ1n) is 8.26. The molecule has 0 atom stereocenters. The number of hydrogen-bond donors (Lipinski definition) is 2.